The van der Waals surface area contributed by atoms with E-state index in [9.17, 15) is 0 Å². The molecule has 1 fully saturated rings. The Hall–Kier alpha value is -1.22. The molecule has 3 nitrogen and oxygen atoms in total. The quantitative estimate of drug-likeness (QED) is 0.712. The first-order chi connectivity index (χ1) is 7.16. The van der Waals surface area contributed by atoms with E-state index >= 15 is 0 Å². The zero-order chi connectivity index (χ0) is 10.8. The van der Waals surface area contributed by atoms with Gasteiger partial charge in [-0.15, -0.1) is 0 Å². The lowest BCUT2D eigenvalue weighted by atomic mass is 10.1. The van der Waals surface area contributed by atoms with Crippen LogP contribution in [0.15, 0.2) is 18.2 Å². The number of anilines is 2. The first-order valence-electron chi connectivity index (χ1n) is 5.39. The van der Waals surface area contributed by atoms with Crippen molar-refractivity contribution in [2.45, 2.75) is 20.0 Å². The van der Waals surface area contributed by atoms with Gasteiger partial charge in [-0.05, 0) is 37.6 Å². The zero-order valence-corrected chi connectivity index (χ0v) is 9.36. The first kappa shape index (κ1) is 10.3. The van der Waals surface area contributed by atoms with E-state index in [4.69, 9.17) is 10.5 Å². The van der Waals surface area contributed by atoms with E-state index in [1.807, 2.05) is 12.1 Å². The van der Waals surface area contributed by atoms with E-state index in [0.29, 0.717) is 6.10 Å². The van der Waals surface area contributed by atoms with Gasteiger partial charge >= 0.3 is 0 Å². The summed E-state index contributed by atoms with van der Waals surface area (Å²) in [6.45, 7) is 6.95. The molecule has 1 aromatic carbocycles. The van der Waals surface area contributed by atoms with Gasteiger partial charge in [0.2, 0.25) is 0 Å². The molecular formula is C12H18N2O. The maximum absolute atomic E-state index is 5.74. The van der Waals surface area contributed by atoms with Gasteiger partial charge in [-0.1, -0.05) is 0 Å². The monoisotopic (exact) mass is 206 g/mol. The molecule has 82 valence electrons. The maximum Gasteiger partial charge on any atom is 0.0722 e. The molecule has 2 N–H and O–H groups in total. The summed E-state index contributed by atoms with van der Waals surface area (Å²) < 4.78 is 5.53. The number of nitrogens with zero attached hydrogens (tertiary/aromatic N) is 1. The molecule has 1 saturated heterocycles. The number of ether oxygens (including phenoxy) is 1. The SMILES string of the molecule is Cc1cc(N)ccc1N1CCOC(C)C1. The fraction of sp³-hybridized carbons (Fsp3) is 0.500. The zero-order valence-electron chi connectivity index (χ0n) is 9.36. The van der Waals surface area contributed by atoms with Crippen LogP contribution in [0.2, 0.25) is 0 Å². The molecule has 0 aliphatic carbocycles. The molecule has 0 spiro atoms. The van der Waals surface area contributed by atoms with Crippen molar-refractivity contribution in [1.29, 1.82) is 0 Å². The Morgan fingerprint density at radius 1 is 1.47 bits per heavy atom. The summed E-state index contributed by atoms with van der Waals surface area (Å²) in [6.07, 6.45) is 0.315. The lowest BCUT2D eigenvalue weighted by Crippen LogP contribution is -2.41. The molecule has 0 saturated carbocycles. The van der Waals surface area contributed by atoms with Crippen molar-refractivity contribution < 1.29 is 4.74 Å². The molecule has 0 bridgehead atoms. The molecule has 1 heterocycles. The molecule has 0 radical (unpaired) electrons. The second kappa shape index (κ2) is 4.11. The van der Waals surface area contributed by atoms with Crippen LogP contribution in [0.5, 0.6) is 0 Å². The van der Waals surface area contributed by atoms with Crippen LogP contribution in [0.25, 0.3) is 0 Å². The molecule has 0 amide bonds. The highest BCUT2D eigenvalue weighted by Gasteiger charge is 2.17. The third-order valence-corrected chi connectivity index (χ3v) is 2.80. The fourth-order valence-electron chi connectivity index (χ4n) is 2.07. The number of nitrogen functional groups attached to an aromatic ring is 1. The van der Waals surface area contributed by atoms with Gasteiger partial charge in [0.1, 0.15) is 0 Å². The molecule has 3 heteroatoms. The highest BCUT2D eigenvalue weighted by Crippen LogP contribution is 2.24. The lowest BCUT2D eigenvalue weighted by molar-refractivity contribution is 0.0532. The number of rotatable bonds is 1. The summed E-state index contributed by atoms with van der Waals surface area (Å²) in [4.78, 5) is 2.36. The van der Waals surface area contributed by atoms with Crippen LogP contribution >= 0.6 is 0 Å². The van der Waals surface area contributed by atoms with Gasteiger partial charge in [-0.25, -0.2) is 0 Å². The Morgan fingerprint density at radius 2 is 2.27 bits per heavy atom. The normalized spacial score (nSPS) is 21.7. The van der Waals surface area contributed by atoms with Gasteiger partial charge in [0.15, 0.2) is 0 Å². The van der Waals surface area contributed by atoms with Crippen LogP contribution in [-0.4, -0.2) is 25.8 Å². The van der Waals surface area contributed by atoms with Crippen molar-refractivity contribution in [3.63, 3.8) is 0 Å². The number of nitrogens with two attached hydrogens (primary N) is 1. The summed E-state index contributed by atoms with van der Waals surface area (Å²) in [5.41, 5.74) is 9.09. The Morgan fingerprint density at radius 3 is 2.93 bits per heavy atom. The highest BCUT2D eigenvalue weighted by atomic mass is 16.5. The van der Waals surface area contributed by atoms with Gasteiger partial charge in [0.25, 0.3) is 0 Å². The van der Waals surface area contributed by atoms with Crippen LogP contribution in [-0.2, 0) is 4.74 Å². The van der Waals surface area contributed by atoms with E-state index in [2.05, 4.69) is 24.8 Å². The Balaban J connectivity index is 2.21. The second-order valence-corrected chi connectivity index (χ2v) is 4.17. The molecular weight excluding hydrogens is 188 g/mol. The standard InChI is InChI=1S/C12H18N2O/c1-9-7-11(13)3-4-12(9)14-5-6-15-10(2)8-14/h3-4,7,10H,5-6,8,13H2,1-2H3. The maximum atomic E-state index is 5.74. The molecule has 15 heavy (non-hydrogen) atoms. The summed E-state index contributed by atoms with van der Waals surface area (Å²) >= 11 is 0. The molecule has 1 atom stereocenters. The largest absolute Gasteiger partial charge is 0.399 e. The van der Waals surface area contributed by atoms with E-state index < -0.39 is 0 Å². The van der Waals surface area contributed by atoms with Crippen LogP contribution < -0.4 is 10.6 Å². The molecule has 0 aromatic heterocycles. The van der Waals surface area contributed by atoms with Crippen molar-refractivity contribution in [3.05, 3.63) is 23.8 Å². The number of aryl methyl sites for hydroxylation is 1. The van der Waals surface area contributed by atoms with E-state index in [-0.39, 0.29) is 0 Å². The van der Waals surface area contributed by atoms with Gasteiger partial charge in [-0.3, -0.25) is 0 Å². The number of hydrogen-bond acceptors (Lipinski definition) is 3. The van der Waals surface area contributed by atoms with E-state index in [1.165, 1.54) is 11.3 Å². The molecule has 1 unspecified atom stereocenters. The van der Waals surface area contributed by atoms with Gasteiger partial charge in [0, 0.05) is 24.5 Å². The van der Waals surface area contributed by atoms with Gasteiger partial charge < -0.3 is 15.4 Å². The van der Waals surface area contributed by atoms with Crippen molar-refractivity contribution in [3.8, 4) is 0 Å². The smallest absolute Gasteiger partial charge is 0.0722 e. The Labute approximate surface area is 90.8 Å². The minimum Gasteiger partial charge on any atom is -0.399 e. The highest BCUT2D eigenvalue weighted by molar-refractivity contribution is 5.59. The fourth-order valence-corrected chi connectivity index (χ4v) is 2.07. The number of morpholine rings is 1. The third-order valence-electron chi connectivity index (χ3n) is 2.80. The predicted octanol–water partition coefficient (Wildman–Crippen LogP) is 1.80. The van der Waals surface area contributed by atoms with Crippen LogP contribution in [0.3, 0.4) is 0 Å². The average Bonchev–Trinajstić information content (AvgIpc) is 2.17. The minimum atomic E-state index is 0.315. The van der Waals surface area contributed by atoms with Crippen molar-refractivity contribution >= 4 is 11.4 Å². The van der Waals surface area contributed by atoms with Crippen molar-refractivity contribution in [2.75, 3.05) is 30.3 Å². The van der Waals surface area contributed by atoms with E-state index in [0.717, 1.165) is 25.4 Å². The molecule has 1 aromatic rings. The Bertz CT molecular complexity index is 351. The molecule has 1 aliphatic heterocycles. The Kier molecular flexibility index (Phi) is 2.82. The van der Waals surface area contributed by atoms with E-state index in [1.54, 1.807) is 0 Å². The lowest BCUT2D eigenvalue weighted by Gasteiger charge is -2.33. The summed E-state index contributed by atoms with van der Waals surface area (Å²) in [6, 6.07) is 6.08. The second-order valence-electron chi connectivity index (χ2n) is 4.17. The van der Waals surface area contributed by atoms with Crippen molar-refractivity contribution in [2.24, 2.45) is 0 Å². The number of benzene rings is 1. The summed E-state index contributed by atoms with van der Waals surface area (Å²) in [5, 5.41) is 0. The van der Waals surface area contributed by atoms with Crippen LogP contribution in [0, 0.1) is 6.92 Å². The molecule has 1 aliphatic rings. The summed E-state index contributed by atoms with van der Waals surface area (Å²) in [7, 11) is 0. The average molecular weight is 206 g/mol. The van der Waals surface area contributed by atoms with Gasteiger partial charge in [0.05, 0.1) is 12.7 Å². The minimum absolute atomic E-state index is 0.315. The predicted molar refractivity (Wildman–Crippen MR) is 63.2 cm³/mol. The first-order valence-corrected chi connectivity index (χ1v) is 5.39. The topological polar surface area (TPSA) is 38.5 Å². The third kappa shape index (κ3) is 2.23. The number of hydrogen-bond donors (Lipinski definition) is 1. The summed E-state index contributed by atoms with van der Waals surface area (Å²) in [5.74, 6) is 0. The molecule has 2 rings (SSSR count). The van der Waals surface area contributed by atoms with Gasteiger partial charge in [-0.2, -0.15) is 0 Å². The van der Waals surface area contributed by atoms with Crippen LogP contribution in [0.1, 0.15) is 12.5 Å². The van der Waals surface area contributed by atoms with Crippen LogP contribution in [0.4, 0.5) is 11.4 Å². The van der Waals surface area contributed by atoms with Crippen molar-refractivity contribution in [1.82, 2.24) is 0 Å².